The number of likely N-dealkylation sites (tertiary alicyclic amines) is 1. The van der Waals surface area contributed by atoms with Crippen LogP contribution in [0.4, 0.5) is 0 Å². The molecule has 4 aliphatic rings. The van der Waals surface area contributed by atoms with Gasteiger partial charge >= 0.3 is 5.97 Å². The summed E-state index contributed by atoms with van der Waals surface area (Å²) in [6, 6.07) is 8.10. The van der Waals surface area contributed by atoms with Gasteiger partial charge in [0, 0.05) is 13.1 Å². The van der Waals surface area contributed by atoms with Crippen LogP contribution < -0.4 is 0 Å². The fraction of sp³-hybridized carbons (Fsp3) is 0.552. The van der Waals surface area contributed by atoms with Gasteiger partial charge in [-0.1, -0.05) is 68.5 Å². The van der Waals surface area contributed by atoms with Crippen LogP contribution in [0, 0.1) is 17.8 Å². The molecule has 0 bridgehead atoms. The number of amides is 2. The summed E-state index contributed by atoms with van der Waals surface area (Å²) in [6.45, 7) is 6.10. The maximum atomic E-state index is 14.3. The Morgan fingerprint density at radius 2 is 1.86 bits per heavy atom. The highest BCUT2D eigenvalue weighted by Gasteiger charge is 2.72. The van der Waals surface area contributed by atoms with Gasteiger partial charge in [0.05, 0.1) is 30.8 Å². The molecule has 4 heterocycles. The number of carbonyl (C=O) groups excluding carboxylic acids is 3. The van der Waals surface area contributed by atoms with Gasteiger partial charge < -0.3 is 24.4 Å². The van der Waals surface area contributed by atoms with Crippen LogP contribution in [0.1, 0.15) is 39.2 Å². The molecule has 37 heavy (non-hydrogen) atoms. The van der Waals surface area contributed by atoms with E-state index >= 15 is 0 Å². The summed E-state index contributed by atoms with van der Waals surface area (Å²) in [6.07, 6.45) is 7.96. The van der Waals surface area contributed by atoms with Crippen molar-refractivity contribution in [3.63, 3.8) is 0 Å². The van der Waals surface area contributed by atoms with Crippen LogP contribution in [0.3, 0.4) is 0 Å². The molecular formula is C29H36N2O6. The molecule has 7 atom stereocenters. The predicted molar refractivity (Wildman–Crippen MR) is 136 cm³/mol. The Balaban J connectivity index is 1.61. The van der Waals surface area contributed by atoms with E-state index in [0.717, 1.165) is 12.0 Å². The fourth-order valence-corrected chi connectivity index (χ4v) is 6.36. The molecular weight excluding hydrogens is 472 g/mol. The lowest BCUT2D eigenvalue weighted by molar-refractivity contribution is -0.160. The number of aliphatic hydroxyl groups excluding tert-OH is 1. The van der Waals surface area contributed by atoms with E-state index in [1.54, 1.807) is 4.90 Å². The number of ether oxygens (including phenoxy) is 2. The molecule has 0 aliphatic carbocycles. The minimum absolute atomic E-state index is 0.115. The van der Waals surface area contributed by atoms with E-state index in [9.17, 15) is 19.5 Å². The van der Waals surface area contributed by atoms with Crippen LogP contribution in [0.25, 0.3) is 0 Å². The molecule has 4 aliphatic heterocycles. The van der Waals surface area contributed by atoms with Gasteiger partial charge in [-0.15, -0.1) is 0 Å². The summed E-state index contributed by atoms with van der Waals surface area (Å²) < 4.78 is 12.4. The van der Waals surface area contributed by atoms with Crippen molar-refractivity contribution in [2.75, 3.05) is 13.2 Å². The number of rotatable bonds is 5. The van der Waals surface area contributed by atoms with Crippen LogP contribution >= 0.6 is 0 Å². The Bertz CT molecular complexity index is 1100. The van der Waals surface area contributed by atoms with Gasteiger partial charge in [-0.3, -0.25) is 14.4 Å². The number of nitrogens with zero attached hydrogens (tertiary/aromatic N) is 2. The number of aliphatic hydroxyl groups is 1. The average Bonchev–Trinajstić information content (AvgIpc) is 3.27. The van der Waals surface area contributed by atoms with Gasteiger partial charge in [0.2, 0.25) is 11.8 Å². The number of hydrogen-bond donors (Lipinski definition) is 1. The topological polar surface area (TPSA) is 96.4 Å². The quantitative estimate of drug-likeness (QED) is 0.485. The number of esters is 1. The Labute approximate surface area is 217 Å². The normalized spacial score (nSPS) is 35.2. The van der Waals surface area contributed by atoms with Crippen molar-refractivity contribution in [3.05, 3.63) is 60.2 Å². The van der Waals surface area contributed by atoms with Crippen LogP contribution in [-0.4, -0.2) is 75.7 Å². The van der Waals surface area contributed by atoms with E-state index in [4.69, 9.17) is 9.47 Å². The van der Waals surface area contributed by atoms with Crippen molar-refractivity contribution >= 4 is 17.8 Å². The van der Waals surface area contributed by atoms with Crippen molar-refractivity contribution in [1.29, 1.82) is 0 Å². The summed E-state index contributed by atoms with van der Waals surface area (Å²) in [5, 5.41) is 10.3. The Hall–Kier alpha value is -2.97. The van der Waals surface area contributed by atoms with Crippen molar-refractivity contribution < 1.29 is 29.0 Å². The molecule has 8 heteroatoms. The van der Waals surface area contributed by atoms with Crippen molar-refractivity contribution in [2.45, 2.75) is 70.1 Å². The third-order valence-corrected chi connectivity index (χ3v) is 8.20. The Kier molecular flexibility index (Phi) is 6.98. The lowest BCUT2D eigenvalue weighted by atomic mass is 9.78. The molecule has 1 spiro atoms. The zero-order valence-electron chi connectivity index (χ0n) is 21.7. The van der Waals surface area contributed by atoms with Crippen LogP contribution in [0.5, 0.6) is 0 Å². The predicted octanol–water partition coefficient (Wildman–Crippen LogP) is 2.46. The number of cyclic esters (lactones) is 1. The SMILES string of the molecule is CC1CC/C=C\[C@H]2OC34C=CCN(Cc5ccccc5)C(=O)[C@H]3N(C(CO)C(C)C)C(=O)[C@@H]4C2C(=O)O1. The number of hydrogen-bond acceptors (Lipinski definition) is 6. The molecule has 198 valence electrons. The highest BCUT2D eigenvalue weighted by molar-refractivity contribution is 5.99. The molecule has 1 aromatic carbocycles. The zero-order valence-corrected chi connectivity index (χ0v) is 21.7. The molecule has 5 rings (SSSR count). The molecule has 0 radical (unpaired) electrons. The first kappa shape index (κ1) is 25.7. The lowest BCUT2D eigenvalue weighted by Gasteiger charge is -2.39. The minimum Gasteiger partial charge on any atom is -0.462 e. The second kappa shape index (κ2) is 10.1. The molecule has 1 N–H and O–H groups in total. The molecule has 4 unspecified atom stereocenters. The van der Waals surface area contributed by atoms with E-state index in [2.05, 4.69) is 0 Å². The third kappa shape index (κ3) is 4.30. The summed E-state index contributed by atoms with van der Waals surface area (Å²) in [5.74, 6) is -2.98. The highest BCUT2D eigenvalue weighted by Crippen LogP contribution is 2.54. The van der Waals surface area contributed by atoms with E-state index in [-0.39, 0.29) is 30.4 Å². The maximum Gasteiger partial charge on any atom is 0.313 e. The van der Waals surface area contributed by atoms with Crippen molar-refractivity contribution in [2.24, 2.45) is 17.8 Å². The molecule has 8 nitrogen and oxygen atoms in total. The monoisotopic (exact) mass is 508 g/mol. The van der Waals surface area contributed by atoms with Crippen LogP contribution in [-0.2, 0) is 30.4 Å². The first-order valence-electron chi connectivity index (χ1n) is 13.3. The molecule has 1 aromatic rings. The number of allylic oxidation sites excluding steroid dienone is 1. The summed E-state index contributed by atoms with van der Waals surface area (Å²) in [7, 11) is 0. The van der Waals surface area contributed by atoms with Gasteiger partial charge in [0.15, 0.2) is 0 Å². The first-order valence-corrected chi connectivity index (χ1v) is 13.3. The first-order chi connectivity index (χ1) is 17.8. The number of benzene rings is 1. The largest absolute Gasteiger partial charge is 0.462 e. The van der Waals surface area contributed by atoms with E-state index in [1.165, 1.54) is 4.90 Å². The molecule has 2 saturated heterocycles. The van der Waals surface area contributed by atoms with Crippen LogP contribution in [0.2, 0.25) is 0 Å². The van der Waals surface area contributed by atoms with Crippen molar-refractivity contribution in [3.8, 4) is 0 Å². The standard InChI is InChI=1S/C29H36N2O6/c1-18(2)21(17-32)31-25-27(34)30(16-20-11-5-4-6-12-20)15-9-14-29(25)24(26(31)33)23-22(37-29)13-8-7-10-19(3)36-28(23)35/h4-6,8-9,11-14,18-19,21-25,32H,7,10,15-17H2,1-3H3/b13-8-/t19?,21?,22-,23?,24+,25-,29?/m1/s1. The molecule has 2 fully saturated rings. The highest BCUT2D eigenvalue weighted by atomic mass is 16.6. The van der Waals surface area contributed by atoms with Gasteiger partial charge in [-0.2, -0.15) is 0 Å². The van der Waals surface area contributed by atoms with Gasteiger partial charge in [0.25, 0.3) is 0 Å². The lowest BCUT2D eigenvalue weighted by Crippen LogP contribution is -2.59. The average molecular weight is 509 g/mol. The fourth-order valence-electron chi connectivity index (χ4n) is 6.36. The third-order valence-electron chi connectivity index (χ3n) is 8.20. The van der Waals surface area contributed by atoms with Gasteiger partial charge in [-0.25, -0.2) is 0 Å². The van der Waals surface area contributed by atoms with Gasteiger partial charge in [0.1, 0.15) is 17.6 Å². The van der Waals surface area contributed by atoms with E-state index in [1.807, 2.05) is 75.4 Å². The number of carbonyl (C=O) groups is 3. The summed E-state index contributed by atoms with van der Waals surface area (Å²) >= 11 is 0. The van der Waals surface area contributed by atoms with Gasteiger partial charge in [-0.05, 0) is 31.2 Å². The van der Waals surface area contributed by atoms with Crippen molar-refractivity contribution in [1.82, 2.24) is 9.80 Å². The van der Waals surface area contributed by atoms with E-state index < -0.39 is 41.6 Å². The smallest absolute Gasteiger partial charge is 0.313 e. The number of fused-ring (bicyclic) bond motifs is 2. The summed E-state index contributed by atoms with van der Waals surface area (Å²) in [5.41, 5.74) is -0.357. The minimum atomic E-state index is -1.33. The van der Waals surface area contributed by atoms with E-state index in [0.29, 0.717) is 19.5 Å². The molecule has 2 amide bonds. The van der Waals surface area contributed by atoms with Crippen LogP contribution in [0.15, 0.2) is 54.6 Å². The molecule has 0 aromatic heterocycles. The second-order valence-electron chi connectivity index (χ2n) is 10.9. The molecule has 0 saturated carbocycles. The zero-order chi connectivity index (χ0) is 26.3. The Morgan fingerprint density at radius 1 is 1.11 bits per heavy atom. The Morgan fingerprint density at radius 3 is 2.57 bits per heavy atom. The second-order valence-corrected chi connectivity index (χ2v) is 10.9. The maximum absolute atomic E-state index is 14.3. The summed E-state index contributed by atoms with van der Waals surface area (Å²) in [4.78, 5) is 45.2.